The number of aliphatic hydroxyl groups is 1. The molecule has 3 aromatic rings. The zero-order valence-electron chi connectivity index (χ0n) is 14.8. The van der Waals surface area contributed by atoms with Crippen LogP contribution in [0.4, 0.5) is 5.82 Å². The molecule has 1 unspecified atom stereocenters. The summed E-state index contributed by atoms with van der Waals surface area (Å²) in [6, 6.07) is 11.7. The summed E-state index contributed by atoms with van der Waals surface area (Å²) in [5, 5.41) is 19.1. The molecule has 0 saturated carbocycles. The van der Waals surface area contributed by atoms with E-state index in [2.05, 4.69) is 20.1 Å². The second-order valence-corrected chi connectivity index (χ2v) is 6.88. The van der Waals surface area contributed by atoms with Gasteiger partial charge in [0, 0.05) is 32.8 Å². The van der Waals surface area contributed by atoms with Crippen LogP contribution in [0.2, 0.25) is 0 Å². The third-order valence-electron chi connectivity index (χ3n) is 4.83. The molecule has 7 heteroatoms. The van der Waals surface area contributed by atoms with E-state index in [4.69, 9.17) is 4.98 Å². The predicted octanol–water partition coefficient (Wildman–Crippen LogP) is 1.85. The van der Waals surface area contributed by atoms with Crippen LogP contribution in [-0.2, 0) is 13.5 Å². The van der Waals surface area contributed by atoms with E-state index in [9.17, 15) is 5.11 Å². The van der Waals surface area contributed by atoms with Crippen LogP contribution in [0.3, 0.4) is 0 Å². The van der Waals surface area contributed by atoms with Gasteiger partial charge in [0.25, 0.3) is 0 Å². The molecule has 1 N–H and O–H groups in total. The Kier molecular flexibility index (Phi) is 4.38. The van der Waals surface area contributed by atoms with Gasteiger partial charge < -0.3 is 14.6 Å². The van der Waals surface area contributed by atoms with Gasteiger partial charge in [-0.15, -0.1) is 10.2 Å². The first-order chi connectivity index (χ1) is 12.6. The van der Waals surface area contributed by atoms with Gasteiger partial charge in [0.05, 0.1) is 17.0 Å². The van der Waals surface area contributed by atoms with Crippen molar-refractivity contribution in [3.05, 3.63) is 54.7 Å². The van der Waals surface area contributed by atoms with Crippen molar-refractivity contribution in [1.82, 2.24) is 24.7 Å². The van der Waals surface area contributed by atoms with E-state index in [1.165, 1.54) is 0 Å². The molecule has 134 valence electrons. The lowest BCUT2D eigenvalue weighted by Crippen LogP contribution is -2.50. The third-order valence-corrected chi connectivity index (χ3v) is 4.83. The maximum Gasteiger partial charge on any atom is 0.135 e. The van der Waals surface area contributed by atoms with Crippen molar-refractivity contribution in [2.45, 2.75) is 24.9 Å². The summed E-state index contributed by atoms with van der Waals surface area (Å²) in [5.74, 6) is 1.66. The van der Waals surface area contributed by atoms with Crippen LogP contribution in [0.15, 0.2) is 48.9 Å². The molecule has 1 fully saturated rings. The molecule has 0 aromatic carbocycles. The Morgan fingerprint density at radius 3 is 2.81 bits per heavy atom. The first-order valence-corrected chi connectivity index (χ1v) is 8.82. The highest BCUT2D eigenvalue weighted by atomic mass is 16.3. The molecule has 3 aromatic heterocycles. The summed E-state index contributed by atoms with van der Waals surface area (Å²) in [4.78, 5) is 11.3. The maximum atomic E-state index is 11.1. The summed E-state index contributed by atoms with van der Waals surface area (Å²) in [6.45, 7) is 1.40. The largest absolute Gasteiger partial charge is 0.388 e. The zero-order valence-corrected chi connectivity index (χ0v) is 14.8. The van der Waals surface area contributed by atoms with Crippen molar-refractivity contribution in [3.8, 4) is 11.4 Å². The number of pyridine rings is 2. The van der Waals surface area contributed by atoms with Gasteiger partial charge in [-0.1, -0.05) is 12.1 Å². The number of nitrogens with zero attached hydrogens (tertiary/aromatic N) is 6. The highest BCUT2D eigenvalue weighted by Gasteiger charge is 2.35. The molecule has 4 heterocycles. The van der Waals surface area contributed by atoms with E-state index in [-0.39, 0.29) is 0 Å². The van der Waals surface area contributed by atoms with Crippen molar-refractivity contribution in [2.24, 2.45) is 7.05 Å². The summed E-state index contributed by atoms with van der Waals surface area (Å²) in [5.41, 5.74) is 0.855. The Labute approximate surface area is 152 Å². The first kappa shape index (κ1) is 16.7. The van der Waals surface area contributed by atoms with E-state index < -0.39 is 5.60 Å². The molecule has 1 saturated heterocycles. The van der Waals surface area contributed by atoms with Crippen molar-refractivity contribution in [1.29, 1.82) is 0 Å². The van der Waals surface area contributed by atoms with Gasteiger partial charge in [0.2, 0.25) is 0 Å². The lowest BCUT2D eigenvalue weighted by atomic mass is 9.89. The van der Waals surface area contributed by atoms with Gasteiger partial charge in [-0.2, -0.15) is 0 Å². The molecule has 7 nitrogen and oxygen atoms in total. The van der Waals surface area contributed by atoms with E-state index in [0.717, 1.165) is 42.4 Å². The number of anilines is 1. The summed E-state index contributed by atoms with van der Waals surface area (Å²) < 4.78 is 1.86. The number of β-amino-alcohol motifs (C(OH)–C–C–N with tert-alkyl or cyclic N) is 1. The van der Waals surface area contributed by atoms with Gasteiger partial charge in [0.1, 0.15) is 18.0 Å². The number of hydrogen-bond acceptors (Lipinski definition) is 6. The van der Waals surface area contributed by atoms with Gasteiger partial charge in [-0.05, 0) is 37.1 Å². The lowest BCUT2D eigenvalue weighted by Gasteiger charge is -2.39. The Morgan fingerprint density at radius 2 is 2.04 bits per heavy atom. The SMILES string of the molecule is Cn1cnnc1CC1(O)CCCN(c2cccc(-c3ccccn3)n2)C1. The fourth-order valence-corrected chi connectivity index (χ4v) is 3.47. The summed E-state index contributed by atoms with van der Waals surface area (Å²) in [7, 11) is 1.90. The Morgan fingerprint density at radius 1 is 1.15 bits per heavy atom. The monoisotopic (exact) mass is 350 g/mol. The molecule has 26 heavy (non-hydrogen) atoms. The standard InChI is InChI=1S/C19H22N6O/c1-24-14-21-23-18(24)12-19(26)9-5-11-25(13-19)17-8-4-7-16(22-17)15-6-2-3-10-20-15/h2-4,6-8,10,14,26H,5,9,11-13H2,1H3. The number of aryl methyl sites for hydroxylation is 1. The minimum absolute atomic E-state index is 0.486. The average molecular weight is 350 g/mol. The van der Waals surface area contributed by atoms with Crippen LogP contribution in [0, 0.1) is 0 Å². The molecule has 0 amide bonds. The Balaban J connectivity index is 1.55. The number of aromatic nitrogens is 5. The van der Waals surface area contributed by atoms with Crippen LogP contribution in [0.25, 0.3) is 11.4 Å². The molecule has 1 atom stereocenters. The minimum Gasteiger partial charge on any atom is -0.388 e. The highest BCUT2D eigenvalue weighted by molar-refractivity contribution is 5.57. The predicted molar refractivity (Wildman–Crippen MR) is 98.6 cm³/mol. The number of piperidine rings is 1. The first-order valence-electron chi connectivity index (χ1n) is 8.82. The Bertz CT molecular complexity index is 881. The molecule has 0 aliphatic carbocycles. The topological polar surface area (TPSA) is 80.0 Å². The van der Waals surface area contributed by atoms with Gasteiger partial charge in [-0.3, -0.25) is 4.98 Å². The van der Waals surface area contributed by atoms with Crippen LogP contribution < -0.4 is 4.90 Å². The van der Waals surface area contributed by atoms with Crippen molar-refractivity contribution >= 4 is 5.82 Å². The quantitative estimate of drug-likeness (QED) is 0.773. The van der Waals surface area contributed by atoms with Gasteiger partial charge in [-0.25, -0.2) is 4.98 Å². The molecule has 0 bridgehead atoms. The van der Waals surface area contributed by atoms with Crippen LogP contribution in [-0.4, -0.2) is 48.5 Å². The molecule has 0 spiro atoms. The lowest BCUT2D eigenvalue weighted by molar-refractivity contribution is 0.0236. The molecular formula is C19H22N6O. The average Bonchev–Trinajstić information content (AvgIpc) is 3.06. The second-order valence-electron chi connectivity index (χ2n) is 6.88. The maximum absolute atomic E-state index is 11.1. The minimum atomic E-state index is -0.832. The fraction of sp³-hybridized carbons (Fsp3) is 0.368. The van der Waals surface area contributed by atoms with Gasteiger partial charge in [0.15, 0.2) is 0 Å². The normalized spacial score (nSPS) is 20.3. The van der Waals surface area contributed by atoms with Crippen molar-refractivity contribution in [3.63, 3.8) is 0 Å². The highest BCUT2D eigenvalue weighted by Crippen LogP contribution is 2.28. The van der Waals surface area contributed by atoms with E-state index in [1.807, 2.05) is 48.0 Å². The molecule has 0 radical (unpaired) electrons. The molecule has 1 aliphatic heterocycles. The summed E-state index contributed by atoms with van der Waals surface area (Å²) in [6.07, 6.45) is 5.57. The zero-order chi connectivity index (χ0) is 18.0. The van der Waals surface area contributed by atoms with Crippen molar-refractivity contribution in [2.75, 3.05) is 18.0 Å². The van der Waals surface area contributed by atoms with E-state index in [0.29, 0.717) is 13.0 Å². The van der Waals surface area contributed by atoms with Crippen LogP contribution in [0.5, 0.6) is 0 Å². The van der Waals surface area contributed by atoms with E-state index in [1.54, 1.807) is 12.5 Å². The molecular weight excluding hydrogens is 328 g/mol. The van der Waals surface area contributed by atoms with Crippen LogP contribution >= 0.6 is 0 Å². The van der Waals surface area contributed by atoms with Crippen molar-refractivity contribution < 1.29 is 5.11 Å². The third kappa shape index (κ3) is 3.43. The smallest absolute Gasteiger partial charge is 0.135 e. The fourth-order valence-electron chi connectivity index (χ4n) is 3.47. The Hall–Kier alpha value is -2.80. The molecule has 1 aliphatic rings. The second kappa shape index (κ2) is 6.84. The number of hydrogen-bond donors (Lipinski definition) is 1. The summed E-state index contributed by atoms with van der Waals surface area (Å²) >= 11 is 0. The van der Waals surface area contributed by atoms with E-state index >= 15 is 0 Å². The van der Waals surface area contributed by atoms with Crippen LogP contribution in [0.1, 0.15) is 18.7 Å². The number of rotatable bonds is 4. The molecule has 4 rings (SSSR count). The van der Waals surface area contributed by atoms with Gasteiger partial charge >= 0.3 is 0 Å².